The maximum atomic E-state index is 13.3. The van der Waals surface area contributed by atoms with E-state index in [0.717, 1.165) is 25.1 Å². The number of nitrogens with one attached hydrogen (secondary N) is 2. The standard InChI is InChI=1S/C11H12F2N2O/c12-7-1-2-9(10(13)5-7)11(16)15-8-3-4-14-6-8/h1-2,5,8,14H,3-4,6H2,(H,15,16)/t8-/m1/s1. The maximum Gasteiger partial charge on any atom is 0.254 e. The van der Waals surface area contributed by atoms with E-state index in [9.17, 15) is 13.6 Å². The van der Waals surface area contributed by atoms with Gasteiger partial charge in [0.1, 0.15) is 11.6 Å². The molecule has 0 radical (unpaired) electrons. The van der Waals surface area contributed by atoms with Gasteiger partial charge < -0.3 is 10.6 Å². The largest absolute Gasteiger partial charge is 0.348 e. The summed E-state index contributed by atoms with van der Waals surface area (Å²) in [6.45, 7) is 1.53. The molecule has 0 unspecified atom stereocenters. The van der Waals surface area contributed by atoms with Gasteiger partial charge in [-0.3, -0.25) is 4.79 Å². The number of rotatable bonds is 2. The van der Waals surface area contributed by atoms with Crippen molar-refractivity contribution in [1.82, 2.24) is 10.6 Å². The molecular weight excluding hydrogens is 214 g/mol. The molecule has 1 atom stereocenters. The second kappa shape index (κ2) is 4.57. The van der Waals surface area contributed by atoms with Crippen LogP contribution < -0.4 is 10.6 Å². The van der Waals surface area contributed by atoms with E-state index in [1.165, 1.54) is 0 Å². The molecule has 2 N–H and O–H groups in total. The molecule has 1 heterocycles. The minimum Gasteiger partial charge on any atom is -0.348 e. The molecule has 1 aromatic carbocycles. The Morgan fingerprint density at radius 3 is 2.88 bits per heavy atom. The average molecular weight is 226 g/mol. The Hall–Kier alpha value is -1.49. The molecule has 0 bridgehead atoms. The first-order valence-electron chi connectivity index (χ1n) is 5.13. The maximum absolute atomic E-state index is 13.3. The zero-order valence-corrected chi connectivity index (χ0v) is 8.59. The summed E-state index contributed by atoms with van der Waals surface area (Å²) < 4.78 is 25.9. The van der Waals surface area contributed by atoms with E-state index in [1.807, 2.05) is 0 Å². The number of carbonyl (C=O) groups is 1. The van der Waals surface area contributed by atoms with Gasteiger partial charge in [0, 0.05) is 18.7 Å². The van der Waals surface area contributed by atoms with Crippen molar-refractivity contribution in [2.24, 2.45) is 0 Å². The first-order chi connectivity index (χ1) is 7.66. The summed E-state index contributed by atoms with van der Waals surface area (Å²) in [5, 5.41) is 5.78. The Balaban J connectivity index is 2.08. The summed E-state index contributed by atoms with van der Waals surface area (Å²) >= 11 is 0. The number of benzene rings is 1. The molecule has 1 fully saturated rings. The highest BCUT2D eigenvalue weighted by molar-refractivity contribution is 5.94. The van der Waals surface area contributed by atoms with Crippen molar-refractivity contribution < 1.29 is 13.6 Å². The van der Waals surface area contributed by atoms with Gasteiger partial charge in [-0.05, 0) is 25.1 Å². The smallest absolute Gasteiger partial charge is 0.254 e. The van der Waals surface area contributed by atoms with Crippen LogP contribution in [0, 0.1) is 11.6 Å². The number of hydrogen-bond acceptors (Lipinski definition) is 2. The van der Waals surface area contributed by atoms with Crippen LogP contribution >= 0.6 is 0 Å². The SMILES string of the molecule is O=C(N[C@@H]1CCNC1)c1ccc(F)cc1F. The number of amides is 1. The summed E-state index contributed by atoms with van der Waals surface area (Å²) in [4.78, 5) is 11.6. The van der Waals surface area contributed by atoms with E-state index in [1.54, 1.807) is 0 Å². The second-order valence-electron chi connectivity index (χ2n) is 3.79. The van der Waals surface area contributed by atoms with Gasteiger partial charge in [0.25, 0.3) is 5.91 Å². The summed E-state index contributed by atoms with van der Waals surface area (Å²) in [7, 11) is 0. The Morgan fingerprint density at radius 2 is 2.25 bits per heavy atom. The van der Waals surface area contributed by atoms with Crippen LogP contribution in [0.5, 0.6) is 0 Å². The van der Waals surface area contributed by atoms with Crippen LogP contribution in [0.25, 0.3) is 0 Å². The van der Waals surface area contributed by atoms with E-state index in [4.69, 9.17) is 0 Å². The third-order valence-corrected chi connectivity index (χ3v) is 2.57. The van der Waals surface area contributed by atoms with Crippen molar-refractivity contribution in [1.29, 1.82) is 0 Å². The van der Waals surface area contributed by atoms with E-state index in [-0.39, 0.29) is 11.6 Å². The summed E-state index contributed by atoms with van der Waals surface area (Å²) in [5.74, 6) is -2.01. The molecule has 0 saturated carbocycles. The monoisotopic (exact) mass is 226 g/mol. The Morgan fingerprint density at radius 1 is 1.44 bits per heavy atom. The third kappa shape index (κ3) is 2.36. The molecule has 1 aliphatic rings. The zero-order valence-electron chi connectivity index (χ0n) is 8.59. The Kier molecular flexibility index (Phi) is 3.14. The van der Waals surface area contributed by atoms with Crippen molar-refractivity contribution in [3.63, 3.8) is 0 Å². The van der Waals surface area contributed by atoms with Gasteiger partial charge in [-0.25, -0.2) is 8.78 Å². The molecule has 5 heteroatoms. The summed E-state index contributed by atoms with van der Waals surface area (Å²) in [5.41, 5.74) is -0.117. The minimum absolute atomic E-state index is 0.0250. The number of halogens is 2. The van der Waals surface area contributed by atoms with Crippen molar-refractivity contribution in [2.75, 3.05) is 13.1 Å². The van der Waals surface area contributed by atoms with Crippen molar-refractivity contribution in [2.45, 2.75) is 12.5 Å². The van der Waals surface area contributed by atoms with E-state index >= 15 is 0 Å². The van der Waals surface area contributed by atoms with Gasteiger partial charge >= 0.3 is 0 Å². The second-order valence-corrected chi connectivity index (χ2v) is 3.79. The predicted octanol–water partition coefficient (Wildman–Crippen LogP) is 1.06. The molecule has 1 aromatic rings. The Labute approximate surface area is 91.8 Å². The van der Waals surface area contributed by atoms with Crippen molar-refractivity contribution in [3.8, 4) is 0 Å². The van der Waals surface area contributed by atoms with Crippen molar-refractivity contribution in [3.05, 3.63) is 35.4 Å². The first-order valence-corrected chi connectivity index (χ1v) is 5.13. The van der Waals surface area contributed by atoms with Gasteiger partial charge in [-0.2, -0.15) is 0 Å². The molecule has 0 spiro atoms. The Bertz CT molecular complexity index is 403. The normalized spacial score (nSPS) is 19.8. The van der Waals surface area contributed by atoms with Gasteiger partial charge in [-0.15, -0.1) is 0 Å². The highest BCUT2D eigenvalue weighted by atomic mass is 19.1. The summed E-state index contributed by atoms with van der Waals surface area (Å²) in [6, 6.07) is 2.96. The minimum atomic E-state index is -0.830. The molecular formula is C11H12F2N2O. The van der Waals surface area contributed by atoms with E-state index < -0.39 is 17.5 Å². The van der Waals surface area contributed by atoms with E-state index in [0.29, 0.717) is 12.6 Å². The van der Waals surface area contributed by atoms with Crippen LogP contribution in [0.3, 0.4) is 0 Å². The topological polar surface area (TPSA) is 41.1 Å². The molecule has 3 nitrogen and oxygen atoms in total. The van der Waals surface area contributed by atoms with Crippen LogP contribution in [0.2, 0.25) is 0 Å². The van der Waals surface area contributed by atoms with Crippen LogP contribution in [-0.4, -0.2) is 25.0 Å². The van der Waals surface area contributed by atoms with Crippen LogP contribution in [0.15, 0.2) is 18.2 Å². The van der Waals surface area contributed by atoms with Gasteiger partial charge in [0.05, 0.1) is 5.56 Å². The number of hydrogen-bond donors (Lipinski definition) is 2. The third-order valence-electron chi connectivity index (χ3n) is 2.57. The quantitative estimate of drug-likeness (QED) is 0.791. The highest BCUT2D eigenvalue weighted by Crippen LogP contribution is 2.10. The average Bonchev–Trinajstić information content (AvgIpc) is 2.70. The van der Waals surface area contributed by atoms with Gasteiger partial charge in [-0.1, -0.05) is 0 Å². The van der Waals surface area contributed by atoms with Gasteiger partial charge in [0.2, 0.25) is 0 Å². The van der Waals surface area contributed by atoms with Crippen LogP contribution in [0.1, 0.15) is 16.8 Å². The fourth-order valence-electron chi connectivity index (χ4n) is 1.71. The van der Waals surface area contributed by atoms with Crippen LogP contribution in [0.4, 0.5) is 8.78 Å². The zero-order chi connectivity index (χ0) is 11.5. The van der Waals surface area contributed by atoms with Gasteiger partial charge in [0.15, 0.2) is 0 Å². The molecule has 0 aromatic heterocycles. The lowest BCUT2D eigenvalue weighted by Gasteiger charge is -2.11. The van der Waals surface area contributed by atoms with Crippen molar-refractivity contribution >= 4 is 5.91 Å². The predicted molar refractivity (Wildman–Crippen MR) is 55.1 cm³/mol. The molecule has 1 aliphatic heterocycles. The molecule has 1 amide bonds. The molecule has 0 aliphatic carbocycles. The molecule has 1 saturated heterocycles. The lowest BCUT2D eigenvalue weighted by Crippen LogP contribution is -2.36. The lowest BCUT2D eigenvalue weighted by molar-refractivity contribution is 0.0936. The lowest BCUT2D eigenvalue weighted by atomic mass is 10.1. The first kappa shape index (κ1) is 11.0. The highest BCUT2D eigenvalue weighted by Gasteiger charge is 2.19. The molecule has 16 heavy (non-hydrogen) atoms. The fraction of sp³-hybridized carbons (Fsp3) is 0.364. The van der Waals surface area contributed by atoms with Crippen LogP contribution in [-0.2, 0) is 0 Å². The fourth-order valence-corrected chi connectivity index (χ4v) is 1.71. The molecule has 86 valence electrons. The summed E-state index contributed by atoms with van der Waals surface area (Å²) in [6.07, 6.45) is 0.828. The number of carbonyl (C=O) groups excluding carboxylic acids is 1. The molecule has 2 rings (SSSR count). The van der Waals surface area contributed by atoms with E-state index in [2.05, 4.69) is 10.6 Å².